The summed E-state index contributed by atoms with van der Waals surface area (Å²) in [7, 11) is 1.90. The Kier molecular flexibility index (Phi) is 8.15. The van der Waals surface area contributed by atoms with Gasteiger partial charge in [-0.25, -0.2) is 0 Å². The number of carbonyl (C=O) groups is 1. The van der Waals surface area contributed by atoms with Crippen LogP contribution in [0.1, 0.15) is 11.4 Å². The maximum atomic E-state index is 12.1. The molecular weight excluding hydrogens is 471 g/mol. The van der Waals surface area contributed by atoms with E-state index in [1.807, 2.05) is 23.7 Å². The molecule has 29 heavy (non-hydrogen) atoms. The smallest absolute Gasteiger partial charge is 0.234 e. The average Bonchev–Trinajstić information content (AvgIpc) is 3.05. The number of nitrogens with one attached hydrogen (secondary N) is 1. The Morgan fingerprint density at radius 3 is 2.52 bits per heavy atom. The monoisotopic (exact) mass is 486 g/mol. The zero-order valence-corrected chi connectivity index (χ0v) is 19.3. The van der Waals surface area contributed by atoms with E-state index in [1.54, 1.807) is 42.1 Å². The van der Waals surface area contributed by atoms with Gasteiger partial charge in [-0.2, -0.15) is 0 Å². The molecule has 0 atom stereocenters. The Balaban J connectivity index is 1.47. The SMILES string of the molecule is Cn1c(CSCc2ccc(Cl)c(Cl)c2)nnc1SCC(=O)Nc1ccc(Cl)cc1. The molecule has 2 aromatic carbocycles. The molecule has 0 fully saturated rings. The van der Waals surface area contributed by atoms with Gasteiger partial charge in [0.1, 0.15) is 5.82 Å². The summed E-state index contributed by atoms with van der Waals surface area (Å²) in [4.78, 5) is 12.1. The summed E-state index contributed by atoms with van der Waals surface area (Å²) in [5.41, 5.74) is 1.80. The second kappa shape index (κ2) is 10.6. The molecule has 0 aliphatic rings. The fourth-order valence-corrected chi connectivity index (χ4v) is 4.47. The molecule has 5 nitrogen and oxygen atoms in total. The fraction of sp³-hybridized carbons (Fsp3) is 0.211. The van der Waals surface area contributed by atoms with Crippen LogP contribution in [0.4, 0.5) is 5.69 Å². The van der Waals surface area contributed by atoms with E-state index in [0.717, 1.165) is 17.1 Å². The van der Waals surface area contributed by atoms with Crippen LogP contribution < -0.4 is 5.32 Å². The zero-order valence-electron chi connectivity index (χ0n) is 15.4. The molecule has 152 valence electrons. The summed E-state index contributed by atoms with van der Waals surface area (Å²) in [6, 6.07) is 12.6. The van der Waals surface area contributed by atoms with Crippen molar-refractivity contribution in [3.05, 3.63) is 68.9 Å². The number of rotatable bonds is 8. The number of aromatic nitrogens is 3. The van der Waals surface area contributed by atoms with E-state index >= 15 is 0 Å². The highest BCUT2D eigenvalue weighted by molar-refractivity contribution is 7.99. The number of nitrogens with zero attached hydrogens (tertiary/aromatic N) is 3. The minimum atomic E-state index is -0.115. The van der Waals surface area contributed by atoms with E-state index in [4.69, 9.17) is 34.8 Å². The Morgan fingerprint density at radius 2 is 1.79 bits per heavy atom. The normalized spacial score (nSPS) is 10.9. The van der Waals surface area contributed by atoms with Crippen LogP contribution in [0.5, 0.6) is 0 Å². The number of halogens is 3. The van der Waals surface area contributed by atoms with Gasteiger partial charge < -0.3 is 9.88 Å². The van der Waals surface area contributed by atoms with E-state index in [9.17, 15) is 4.79 Å². The van der Waals surface area contributed by atoms with Crippen molar-refractivity contribution >= 4 is 69.9 Å². The van der Waals surface area contributed by atoms with Gasteiger partial charge in [0.2, 0.25) is 5.91 Å². The van der Waals surface area contributed by atoms with Gasteiger partial charge in [0.05, 0.1) is 21.6 Å². The van der Waals surface area contributed by atoms with E-state index in [0.29, 0.717) is 31.7 Å². The molecular formula is C19H17Cl3N4OS2. The maximum absolute atomic E-state index is 12.1. The van der Waals surface area contributed by atoms with Crippen LogP contribution in [0.2, 0.25) is 15.1 Å². The van der Waals surface area contributed by atoms with Crippen molar-refractivity contribution in [2.45, 2.75) is 16.7 Å². The highest BCUT2D eigenvalue weighted by Gasteiger charge is 2.12. The van der Waals surface area contributed by atoms with Crippen molar-refractivity contribution in [1.82, 2.24) is 14.8 Å². The third-order valence-electron chi connectivity index (χ3n) is 3.87. The maximum Gasteiger partial charge on any atom is 0.234 e. The third-order valence-corrected chi connectivity index (χ3v) is 6.88. The van der Waals surface area contributed by atoms with Crippen molar-refractivity contribution in [2.24, 2.45) is 7.05 Å². The van der Waals surface area contributed by atoms with Gasteiger partial charge >= 0.3 is 0 Å². The first-order valence-electron chi connectivity index (χ1n) is 8.50. The van der Waals surface area contributed by atoms with Crippen molar-refractivity contribution in [1.29, 1.82) is 0 Å². The molecule has 1 aromatic heterocycles. The van der Waals surface area contributed by atoms with Crippen molar-refractivity contribution in [2.75, 3.05) is 11.1 Å². The molecule has 0 unspecified atom stereocenters. The second-order valence-electron chi connectivity index (χ2n) is 6.04. The molecule has 3 aromatic rings. The Hall–Kier alpha value is -1.38. The predicted octanol–water partition coefficient (Wildman–Crippen LogP) is 5.94. The lowest BCUT2D eigenvalue weighted by Gasteiger charge is -2.06. The van der Waals surface area contributed by atoms with Crippen LogP contribution >= 0.6 is 58.3 Å². The minimum Gasteiger partial charge on any atom is -0.325 e. The third kappa shape index (κ3) is 6.55. The van der Waals surface area contributed by atoms with Gasteiger partial charge in [0.15, 0.2) is 5.16 Å². The van der Waals surface area contributed by atoms with E-state index in [1.165, 1.54) is 11.8 Å². The number of anilines is 1. The molecule has 1 heterocycles. The quantitative estimate of drug-likeness (QED) is 0.398. The first kappa shape index (κ1) is 22.3. The number of amides is 1. The highest BCUT2D eigenvalue weighted by Crippen LogP contribution is 2.26. The van der Waals surface area contributed by atoms with E-state index < -0.39 is 0 Å². The van der Waals surface area contributed by atoms with Gasteiger partial charge in [-0.05, 0) is 42.0 Å². The molecule has 1 N–H and O–H groups in total. The lowest BCUT2D eigenvalue weighted by Crippen LogP contribution is -2.14. The summed E-state index contributed by atoms with van der Waals surface area (Å²) in [5, 5.41) is 13.7. The lowest BCUT2D eigenvalue weighted by molar-refractivity contribution is -0.113. The number of carbonyl (C=O) groups excluding carboxylic acids is 1. The summed E-state index contributed by atoms with van der Waals surface area (Å²) in [6.45, 7) is 0. The lowest BCUT2D eigenvalue weighted by atomic mass is 10.2. The van der Waals surface area contributed by atoms with Gasteiger partial charge in [-0.1, -0.05) is 52.6 Å². The van der Waals surface area contributed by atoms with Crippen molar-refractivity contribution < 1.29 is 4.79 Å². The van der Waals surface area contributed by atoms with Crippen LogP contribution in [-0.4, -0.2) is 26.4 Å². The Bertz CT molecular complexity index is 996. The van der Waals surface area contributed by atoms with Crippen molar-refractivity contribution in [3.8, 4) is 0 Å². The number of hydrogen-bond donors (Lipinski definition) is 1. The zero-order chi connectivity index (χ0) is 20.8. The van der Waals surface area contributed by atoms with Crippen LogP contribution in [0.25, 0.3) is 0 Å². The first-order chi connectivity index (χ1) is 13.9. The van der Waals surface area contributed by atoms with Gasteiger partial charge in [-0.15, -0.1) is 22.0 Å². The molecule has 10 heteroatoms. The number of thioether (sulfide) groups is 2. The van der Waals surface area contributed by atoms with Gasteiger partial charge in [0.25, 0.3) is 0 Å². The van der Waals surface area contributed by atoms with Gasteiger partial charge in [-0.3, -0.25) is 4.79 Å². The molecule has 0 bridgehead atoms. The summed E-state index contributed by atoms with van der Waals surface area (Å²) in [6.07, 6.45) is 0. The molecule has 0 aliphatic heterocycles. The molecule has 0 saturated carbocycles. The topological polar surface area (TPSA) is 59.8 Å². The highest BCUT2D eigenvalue weighted by atomic mass is 35.5. The van der Waals surface area contributed by atoms with Crippen LogP contribution in [0.3, 0.4) is 0 Å². The number of hydrogen-bond acceptors (Lipinski definition) is 5. The summed E-state index contributed by atoms with van der Waals surface area (Å²) < 4.78 is 1.90. The Morgan fingerprint density at radius 1 is 1.03 bits per heavy atom. The van der Waals surface area contributed by atoms with Crippen LogP contribution in [-0.2, 0) is 23.3 Å². The van der Waals surface area contributed by atoms with Crippen molar-refractivity contribution in [3.63, 3.8) is 0 Å². The molecule has 0 spiro atoms. The number of benzene rings is 2. The average molecular weight is 488 g/mol. The van der Waals surface area contributed by atoms with E-state index in [2.05, 4.69) is 15.5 Å². The summed E-state index contributed by atoms with van der Waals surface area (Å²) >= 11 is 20.9. The fourth-order valence-electron chi connectivity index (χ4n) is 2.35. The Labute approximate surface area is 192 Å². The predicted molar refractivity (Wildman–Crippen MR) is 123 cm³/mol. The summed E-state index contributed by atoms with van der Waals surface area (Å²) in [5.74, 6) is 2.45. The second-order valence-corrected chi connectivity index (χ2v) is 9.22. The molecule has 3 rings (SSSR count). The minimum absolute atomic E-state index is 0.115. The standard InChI is InChI=1S/C19H17Cl3N4OS2/c1-26-17(10-28-9-12-2-7-15(21)16(22)8-12)24-25-19(26)29-11-18(27)23-14-5-3-13(20)4-6-14/h2-8H,9-11H2,1H3,(H,23,27). The molecule has 0 saturated heterocycles. The largest absolute Gasteiger partial charge is 0.325 e. The van der Waals surface area contributed by atoms with Crippen LogP contribution in [0, 0.1) is 0 Å². The first-order valence-corrected chi connectivity index (χ1v) is 11.8. The van der Waals surface area contributed by atoms with Gasteiger partial charge in [0, 0.05) is 23.5 Å². The molecule has 0 radical (unpaired) electrons. The van der Waals surface area contributed by atoms with Crippen LogP contribution in [0.15, 0.2) is 47.6 Å². The molecule has 0 aliphatic carbocycles. The molecule has 1 amide bonds. The van der Waals surface area contributed by atoms with E-state index in [-0.39, 0.29) is 11.7 Å².